The fourth-order valence-electron chi connectivity index (χ4n) is 2.48. The Labute approximate surface area is 126 Å². The van der Waals surface area contributed by atoms with Gasteiger partial charge in [0.15, 0.2) is 0 Å². The Balaban J connectivity index is 1.69. The lowest BCUT2D eigenvalue weighted by atomic mass is 10.2. The average molecular weight is 291 g/mol. The van der Waals surface area contributed by atoms with Crippen LogP contribution in [0.15, 0.2) is 24.3 Å². The average Bonchev–Trinajstić information content (AvgIpc) is 2.55. The molecule has 0 unspecified atom stereocenters. The zero-order valence-corrected chi connectivity index (χ0v) is 13.0. The molecule has 0 aromatic heterocycles. The molecular formula is C16H25N3O2. The van der Waals surface area contributed by atoms with Gasteiger partial charge in [0.05, 0.1) is 13.7 Å². The Morgan fingerprint density at radius 3 is 2.43 bits per heavy atom. The lowest BCUT2D eigenvalue weighted by Gasteiger charge is -2.34. The predicted molar refractivity (Wildman–Crippen MR) is 83.4 cm³/mol. The van der Waals surface area contributed by atoms with Crippen LogP contribution in [0.5, 0.6) is 5.75 Å². The number of piperazine rings is 1. The molecule has 0 bridgehead atoms. The minimum atomic E-state index is 0.194. The van der Waals surface area contributed by atoms with E-state index in [1.807, 2.05) is 29.2 Å². The Morgan fingerprint density at radius 2 is 1.86 bits per heavy atom. The van der Waals surface area contributed by atoms with E-state index in [1.165, 1.54) is 0 Å². The van der Waals surface area contributed by atoms with Gasteiger partial charge in [-0.15, -0.1) is 0 Å². The summed E-state index contributed by atoms with van der Waals surface area (Å²) in [6.45, 7) is 7.99. The highest BCUT2D eigenvalue weighted by Gasteiger charge is 2.19. The van der Waals surface area contributed by atoms with Gasteiger partial charge in [-0.05, 0) is 24.2 Å². The molecule has 0 atom stereocenters. The predicted octanol–water partition coefficient (Wildman–Crippen LogP) is 0.949. The number of methoxy groups -OCH3 is 1. The molecular weight excluding hydrogens is 266 g/mol. The third-order valence-corrected chi connectivity index (χ3v) is 3.94. The maximum Gasteiger partial charge on any atom is 0.236 e. The molecule has 1 aliphatic heterocycles. The highest BCUT2D eigenvalue weighted by atomic mass is 16.5. The second kappa shape index (κ2) is 8.00. The molecule has 0 radical (unpaired) electrons. The van der Waals surface area contributed by atoms with Crippen LogP contribution in [0.1, 0.15) is 12.5 Å². The number of hydrogen-bond acceptors (Lipinski definition) is 4. The van der Waals surface area contributed by atoms with Gasteiger partial charge in [0.2, 0.25) is 5.91 Å². The monoisotopic (exact) mass is 291 g/mol. The molecule has 1 N–H and O–H groups in total. The molecule has 5 heteroatoms. The van der Waals surface area contributed by atoms with Gasteiger partial charge in [-0.1, -0.05) is 19.1 Å². The molecule has 1 heterocycles. The van der Waals surface area contributed by atoms with Crippen molar-refractivity contribution in [2.24, 2.45) is 0 Å². The van der Waals surface area contributed by atoms with Crippen molar-refractivity contribution in [1.82, 2.24) is 15.1 Å². The summed E-state index contributed by atoms with van der Waals surface area (Å²) in [5, 5.41) is 3.22. The van der Waals surface area contributed by atoms with Crippen molar-refractivity contribution in [2.75, 3.05) is 46.4 Å². The molecule has 1 amide bonds. The van der Waals surface area contributed by atoms with Crippen molar-refractivity contribution in [2.45, 2.75) is 13.5 Å². The summed E-state index contributed by atoms with van der Waals surface area (Å²) in [4.78, 5) is 16.4. The van der Waals surface area contributed by atoms with E-state index in [2.05, 4.69) is 17.1 Å². The van der Waals surface area contributed by atoms with Crippen LogP contribution < -0.4 is 10.1 Å². The van der Waals surface area contributed by atoms with E-state index in [1.54, 1.807) is 7.11 Å². The molecule has 1 aromatic carbocycles. The van der Waals surface area contributed by atoms with E-state index in [0.29, 0.717) is 13.1 Å². The molecule has 2 rings (SSSR count). The Hall–Kier alpha value is -1.59. The van der Waals surface area contributed by atoms with Crippen LogP contribution in [0.25, 0.3) is 0 Å². The van der Waals surface area contributed by atoms with Crippen molar-refractivity contribution in [3.05, 3.63) is 29.8 Å². The van der Waals surface area contributed by atoms with Crippen LogP contribution in [0.3, 0.4) is 0 Å². The van der Waals surface area contributed by atoms with Crippen LogP contribution in [-0.4, -0.2) is 62.1 Å². The lowest BCUT2D eigenvalue weighted by molar-refractivity contribution is -0.131. The Morgan fingerprint density at radius 1 is 1.19 bits per heavy atom. The highest BCUT2D eigenvalue weighted by molar-refractivity contribution is 5.78. The zero-order chi connectivity index (χ0) is 15.1. The molecule has 1 fully saturated rings. The van der Waals surface area contributed by atoms with E-state index in [4.69, 9.17) is 4.74 Å². The number of hydrogen-bond donors (Lipinski definition) is 1. The quantitative estimate of drug-likeness (QED) is 0.847. The molecule has 0 saturated carbocycles. The van der Waals surface area contributed by atoms with E-state index >= 15 is 0 Å². The van der Waals surface area contributed by atoms with Crippen LogP contribution in [0.4, 0.5) is 0 Å². The molecule has 5 nitrogen and oxygen atoms in total. The number of likely N-dealkylation sites (N-methyl/N-ethyl adjacent to an activating group) is 1. The van der Waals surface area contributed by atoms with Gasteiger partial charge in [-0.25, -0.2) is 0 Å². The molecule has 0 aliphatic carbocycles. The largest absolute Gasteiger partial charge is 0.497 e. The zero-order valence-electron chi connectivity index (χ0n) is 13.0. The fourth-order valence-corrected chi connectivity index (χ4v) is 2.48. The first-order valence-corrected chi connectivity index (χ1v) is 7.56. The van der Waals surface area contributed by atoms with E-state index in [0.717, 1.165) is 44.0 Å². The van der Waals surface area contributed by atoms with Crippen LogP contribution in [0, 0.1) is 0 Å². The van der Waals surface area contributed by atoms with Crippen molar-refractivity contribution in [3.8, 4) is 5.75 Å². The number of nitrogens with one attached hydrogen (secondary N) is 1. The number of carbonyl (C=O) groups excluding carboxylic acids is 1. The number of ether oxygens (including phenoxy) is 1. The fraction of sp³-hybridized carbons (Fsp3) is 0.562. The molecule has 1 saturated heterocycles. The van der Waals surface area contributed by atoms with Crippen molar-refractivity contribution in [1.29, 1.82) is 0 Å². The topological polar surface area (TPSA) is 44.8 Å². The first-order chi connectivity index (χ1) is 10.2. The van der Waals surface area contributed by atoms with Gasteiger partial charge in [-0.2, -0.15) is 0 Å². The maximum absolute atomic E-state index is 12.1. The van der Waals surface area contributed by atoms with Gasteiger partial charge < -0.3 is 19.9 Å². The minimum absolute atomic E-state index is 0.194. The first kappa shape index (κ1) is 15.8. The highest BCUT2D eigenvalue weighted by Crippen LogP contribution is 2.10. The van der Waals surface area contributed by atoms with E-state index in [9.17, 15) is 4.79 Å². The molecule has 1 aliphatic rings. The number of carbonyl (C=O) groups is 1. The van der Waals surface area contributed by atoms with Gasteiger partial charge in [0, 0.05) is 32.7 Å². The third kappa shape index (κ3) is 4.72. The second-order valence-electron chi connectivity index (χ2n) is 5.27. The summed E-state index contributed by atoms with van der Waals surface area (Å²) in [7, 11) is 1.66. The van der Waals surface area contributed by atoms with Gasteiger partial charge >= 0.3 is 0 Å². The summed E-state index contributed by atoms with van der Waals surface area (Å²) in [6.07, 6.45) is 0. The summed E-state index contributed by atoms with van der Waals surface area (Å²) in [5.41, 5.74) is 1.15. The van der Waals surface area contributed by atoms with E-state index < -0.39 is 0 Å². The molecule has 1 aromatic rings. The number of nitrogens with zero attached hydrogens (tertiary/aromatic N) is 2. The van der Waals surface area contributed by atoms with Crippen LogP contribution >= 0.6 is 0 Å². The summed E-state index contributed by atoms with van der Waals surface area (Å²) in [5.74, 6) is 1.04. The Bertz CT molecular complexity index is 439. The standard InChI is InChI=1S/C16H25N3O2/c1-3-18-8-10-19(11-9-18)16(20)13-17-12-14-4-6-15(21-2)7-5-14/h4-7,17H,3,8-13H2,1-2H3. The van der Waals surface area contributed by atoms with Crippen molar-refractivity contribution in [3.63, 3.8) is 0 Å². The number of rotatable bonds is 6. The number of amides is 1. The smallest absolute Gasteiger partial charge is 0.236 e. The number of benzene rings is 1. The minimum Gasteiger partial charge on any atom is -0.497 e. The SMILES string of the molecule is CCN1CCN(C(=O)CNCc2ccc(OC)cc2)CC1. The summed E-state index contributed by atoms with van der Waals surface area (Å²) < 4.78 is 5.12. The lowest BCUT2D eigenvalue weighted by Crippen LogP contribution is -2.50. The van der Waals surface area contributed by atoms with Crippen LogP contribution in [0.2, 0.25) is 0 Å². The normalized spacial score (nSPS) is 16.0. The van der Waals surface area contributed by atoms with Crippen molar-refractivity contribution < 1.29 is 9.53 Å². The van der Waals surface area contributed by atoms with E-state index in [-0.39, 0.29) is 5.91 Å². The Kier molecular flexibility index (Phi) is 6.02. The molecule has 116 valence electrons. The van der Waals surface area contributed by atoms with Crippen LogP contribution in [-0.2, 0) is 11.3 Å². The van der Waals surface area contributed by atoms with Gasteiger partial charge in [0.25, 0.3) is 0 Å². The third-order valence-electron chi connectivity index (χ3n) is 3.94. The van der Waals surface area contributed by atoms with Gasteiger partial charge in [0.1, 0.15) is 5.75 Å². The maximum atomic E-state index is 12.1. The molecule has 21 heavy (non-hydrogen) atoms. The summed E-state index contributed by atoms with van der Waals surface area (Å²) >= 11 is 0. The van der Waals surface area contributed by atoms with Gasteiger partial charge in [-0.3, -0.25) is 4.79 Å². The molecule has 0 spiro atoms. The second-order valence-corrected chi connectivity index (χ2v) is 5.27. The summed E-state index contributed by atoms with van der Waals surface area (Å²) in [6, 6.07) is 7.89. The first-order valence-electron chi connectivity index (χ1n) is 7.56. The van der Waals surface area contributed by atoms with Crippen molar-refractivity contribution >= 4 is 5.91 Å².